The predicted molar refractivity (Wildman–Crippen MR) is 121 cm³/mol. The largest absolute Gasteiger partial charge is 0.338 e. The Morgan fingerprint density at radius 2 is 1.74 bits per heavy atom. The Kier molecular flexibility index (Phi) is 6.20. The first-order valence-corrected chi connectivity index (χ1v) is 11.8. The molecule has 0 bridgehead atoms. The average molecular weight is 439 g/mol. The fourth-order valence-electron chi connectivity index (χ4n) is 3.80. The van der Waals surface area contributed by atoms with Crippen molar-refractivity contribution in [1.29, 1.82) is 0 Å². The zero-order valence-corrected chi connectivity index (χ0v) is 18.3. The molecule has 2 aromatic carbocycles. The summed E-state index contributed by atoms with van der Waals surface area (Å²) >= 11 is 0. The summed E-state index contributed by atoms with van der Waals surface area (Å²) in [6, 6.07) is 16.2. The summed E-state index contributed by atoms with van der Waals surface area (Å²) in [5, 5.41) is 0. The molecule has 1 fully saturated rings. The summed E-state index contributed by atoms with van der Waals surface area (Å²) < 4.78 is 26.9. The lowest BCUT2D eigenvalue weighted by Crippen LogP contribution is -2.50. The molecule has 0 aliphatic carbocycles. The van der Waals surface area contributed by atoms with Crippen molar-refractivity contribution >= 4 is 27.8 Å². The number of aliphatic imine (C=N–C) groups is 1. The number of hydrogen-bond acceptors (Lipinski definition) is 5. The van der Waals surface area contributed by atoms with Gasteiger partial charge >= 0.3 is 0 Å². The molecule has 1 atom stereocenters. The van der Waals surface area contributed by atoms with E-state index in [9.17, 15) is 13.2 Å². The second kappa shape index (κ2) is 9.03. The lowest BCUT2D eigenvalue weighted by Gasteiger charge is -2.35. The molecule has 0 saturated carbocycles. The van der Waals surface area contributed by atoms with Gasteiger partial charge in [-0.25, -0.2) is 8.42 Å². The normalized spacial score (nSPS) is 20.5. The van der Waals surface area contributed by atoms with Gasteiger partial charge in [-0.2, -0.15) is 0 Å². The van der Waals surface area contributed by atoms with Crippen LogP contribution in [0.2, 0.25) is 0 Å². The minimum absolute atomic E-state index is 0.0874. The van der Waals surface area contributed by atoms with Gasteiger partial charge in [0.1, 0.15) is 11.9 Å². The van der Waals surface area contributed by atoms with E-state index in [0.29, 0.717) is 18.7 Å². The number of benzene rings is 2. The molecule has 4 rings (SSSR count). The van der Waals surface area contributed by atoms with E-state index in [4.69, 9.17) is 0 Å². The summed E-state index contributed by atoms with van der Waals surface area (Å²) in [4.78, 5) is 21.6. The van der Waals surface area contributed by atoms with E-state index < -0.39 is 16.1 Å². The molecule has 0 aromatic heterocycles. The molecular weight excluding hydrogens is 412 g/mol. The lowest BCUT2D eigenvalue weighted by molar-refractivity contribution is -0.133. The van der Waals surface area contributed by atoms with Crippen molar-refractivity contribution in [3.8, 4) is 0 Å². The molecular formula is C23H26N4O3S. The SMILES string of the molecule is C[C@H](N=C1NS(=O)(=O)c2ccccc21)C(=O)N1CCN(CC=Cc2ccccc2)CC1. The van der Waals surface area contributed by atoms with Gasteiger partial charge in [0.05, 0.1) is 4.90 Å². The molecule has 1 N–H and O–H groups in total. The number of carbonyl (C=O) groups is 1. The van der Waals surface area contributed by atoms with Crippen LogP contribution in [-0.2, 0) is 14.8 Å². The van der Waals surface area contributed by atoms with Crippen LogP contribution in [0.3, 0.4) is 0 Å². The first kappa shape index (κ1) is 21.3. The summed E-state index contributed by atoms with van der Waals surface area (Å²) in [5.74, 6) is 0.150. The van der Waals surface area contributed by atoms with Crippen LogP contribution in [0.1, 0.15) is 18.1 Å². The number of piperazine rings is 1. The van der Waals surface area contributed by atoms with Crippen LogP contribution in [-0.4, -0.2) is 68.7 Å². The molecule has 0 unspecified atom stereocenters. The quantitative estimate of drug-likeness (QED) is 0.774. The second-order valence-corrected chi connectivity index (χ2v) is 9.35. The maximum absolute atomic E-state index is 12.9. The Bertz CT molecular complexity index is 1100. The van der Waals surface area contributed by atoms with Crippen molar-refractivity contribution < 1.29 is 13.2 Å². The van der Waals surface area contributed by atoms with E-state index in [-0.39, 0.29) is 16.6 Å². The average Bonchev–Trinajstić information content (AvgIpc) is 3.04. The van der Waals surface area contributed by atoms with Crippen molar-refractivity contribution in [2.45, 2.75) is 17.9 Å². The van der Waals surface area contributed by atoms with Gasteiger partial charge in [0, 0.05) is 38.3 Å². The molecule has 0 spiro atoms. The fourth-order valence-corrected chi connectivity index (χ4v) is 5.03. The lowest BCUT2D eigenvalue weighted by atomic mass is 10.2. The highest BCUT2D eigenvalue weighted by atomic mass is 32.2. The van der Waals surface area contributed by atoms with Crippen LogP contribution in [0, 0.1) is 0 Å². The number of amides is 1. The van der Waals surface area contributed by atoms with E-state index in [1.807, 2.05) is 23.1 Å². The van der Waals surface area contributed by atoms with Crippen molar-refractivity contribution in [1.82, 2.24) is 14.5 Å². The van der Waals surface area contributed by atoms with Crippen molar-refractivity contribution in [2.75, 3.05) is 32.7 Å². The number of nitrogens with one attached hydrogen (secondary N) is 1. The van der Waals surface area contributed by atoms with Crippen LogP contribution < -0.4 is 4.72 Å². The zero-order valence-electron chi connectivity index (χ0n) is 17.4. The maximum atomic E-state index is 12.9. The van der Waals surface area contributed by atoms with E-state index in [2.05, 4.69) is 38.9 Å². The number of rotatable bonds is 5. The summed E-state index contributed by atoms with van der Waals surface area (Å²) in [7, 11) is -3.61. The van der Waals surface area contributed by atoms with Crippen molar-refractivity contribution in [2.24, 2.45) is 4.99 Å². The molecule has 7 nitrogen and oxygen atoms in total. The van der Waals surface area contributed by atoms with Gasteiger partial charge in [-0.1, -0.05) is 54.6 Å². The monoisotopic (exact) mass is 438 g/mol. The Balaban J connectivity index is 1.33. The van der Waals surface area contributed by atoms with E-state index in [1.54, 1.807) is 25.1 Å². The highest BCUT2D eigenvalue weighted by molar-refractivity contribution is 7.90. The third-order valence-electron chi connectivity index (χ3n) is 5.50. The molecule has 2 aliphatic heterocycles. The van der Waals surface area contributed by atoms with Crippen LogP contribution >= 0.6 is 0 Å². The zero-order chi connectivity index (χ0) is 21.8. The van der Waals surface area contributed by atoms with Gasteiger partial charge in [-0.05, 0) is 24.6 Å². The number of nitrogens with zero attached hydrogens (tertiary/aromatic N) is 3. The Hall–Kier alpha value is -2.97. The highest BCUT2D eigenvalue weighted by Gasteiger charge is 2.32. The molecule has 0 radical (unpaired) electrons. The minimum atomic E-state index is -3.61. The molecule has 2 heterocycles. The van der Waals surface area contributed by atoms with Crippen LogP contribution in [0.5, 0.6) is 0 Å². The third kappa shape index (κ3) is 4.86. The number of sulfonamides is 1. The second-order valence-electron chi connectivity index (χ2n) is 7.69. The van der Waals surface area contributed by atoms with Crippen molar-refractivity contribution in [3.05, 3.63) is 71.8 Å². The standard InChI is InChI=1S/C23H26N4O3S/c1-18(24-22-20-11-5-6-12-21(20)31(29,30)25-22)23(28)27-16-14-26(15-17-27)13-7-10-19-8-3-2-4-9-19/h2-12,18H,13-17H2,1H3,(H,24,25)/t18-/m0/s1. The summed E-state index contributed by atoms with van der Waals surface area (Å²) in [6.45, 7) is 5.41. The molecule has 8 heteroatoms. The topological polar surface area (TPSA) is 82.1 Å². The van der Waals surface area contributed by atoms with Crippen LogP contribution in [0.15, 0.2) is 70.6 Å². The van der Waals surface area contributed by atoms with Gasteiger partial charge in [0.15, 0.2) is 0 Å². The fraction of sp³-hybridized carbons (Fsp3) is 0.304. The molecule has 31 heavy (non-hydrogen) atoms. The highest BCUT2D eigenvalue weighted by Crippen LogP contribution is 2.22. The number of amidine groups is 1. The van der Waals surface area contributed by atoms with Crippen LogP contribution in [0.25, 0.3) is 6.08 Å². The van der Waals surface area contributed by atoms with Gasteiger partial charge in [-0.15, -0.1) is 0 Å². The van der Waals surface area contributed by atoms with E-state index in [0.717, 1.165) is 19.6 Å². The maximum Gasteiger partial charge on any atom is 0.263 e. The third-order valence-corrected chi connectivity index (χ3v) is 6.90. The first-order valence-electron chi connectivity index (χ1n) is 10.4. The van der Waals surface area contributed by atoms with Crippen LogP contribution in [0.4, 0.5) is 0 Å². The molecule has 1 amide bonds. The van der Waals surface area contributed by atoms with E-state index >= 15 is 0 Å². The minimum Gasteiger partial charge on any atom is -0.338 e. The number of fused-ring (bicyclic) bond motifs is 1. The Labute approximate surface area is 183 Å². The van der Waals surface area contributed by atoms with Gasteiger partial charge < -0.3 is 4.90 Å². The molecule has 2 aliphatic rings. The first-order chi connectivity index (χ1) is 14.9. The van der Waals surface area contributed by atoms with E-state index in [1.165, 1.54) is 11.6 Å². The van der Waals surface area contributed by atoms with Crippen molar-refractivity contribution in [3.63, 3.8) is 0 Å². The van der Waals surface area contributed by atoms with Gasteiger partial charge in [-0.3, -0.25) is 19.4 Å². The number of hydrogen-bond donors (Lipinski definition) is 1. The Morgan fingerprint density at radius 1 is 1.06 bits per heavy atom. The summed E-state index contributed by atoms with van der Waals surface area (Å²) in [6.07, 6.45) is 4.25. The van der Waals surface area contributed by atoms with Gasteiger partial charge in [0.2, 0.25) is 5.91 Å². The Morgan fingerprint density at radius 3 is 2.48 bits per heavy atom. The predicted octanol–water partition coefficient (Wildman–Crippen LogP) is 1.97. The smallest absolute Gasteiger partial charge is 0.263 e. The van der Waals surface area contributed by atoms with Gasteiger partial charge in [0.25, 0.3) is 10.0 Å². The number of carbonyl (C=O) groups excluding carboxylic acids is 1. The molecule has 2 aromatic rings. The summed E-state index contributed by atoms with van der Waals surface area (Å²) in [5.41, 5.74) is 1.69. The molecule has 1 saturated heterocycles. The molecule has 162 valence electrons.